The SMILES string of the molecule is COc1ccn2c(C(=O)N3CC(Oc4nccs4)C3)cnc2c1. The third-order valence-corrected chi connectivity index (χ3v) is 4.41. The Labute approximate surface area is 136 Å². The summed E-state index contributed by atoms with van der Waals surface area (Å²) in [4.78, 5) is 22.7. The lowest BCUT2D eigenvalue weighted by molar-refractivity contribution is 0.0172. The van der Waals surface area contributed by atoms with Gasteiger partial charge in [0.2, 0.25) is 0 Å². The van der Waals surface area contributed by atoms with Gasteiger partial charge in [-0.05, 0) is 6.07 Å². The fraction of sp³-hybridized carbons (Fsp3) is 0.267. The Bertz CT molecular complexity index is 840. The van der Waals surface area contributed by atoms with Crippen molar-refractivity contribution in [3.63, 3.8) is 0 Å². The Morgan fingerprint density at radius 2 is 2.26 bits per heavy atom. The number of aromatic nitrogens is 3. The number of nitrogens with zero attached hydrogens (tertiary/aromatic N) is 4. The van der Waals surface area contributed by atoms with Gasteiger partial charge in [-0.3, -0.25) is 9.20 Å². The molecule has 7 nitrogen and oxygen atoms in total. The van der Waals surface area contributed by atoms with Crippen LogP contribution >= 0.6 is 11.3 Å². The molecule has 0 N–H and O–H groups in total. The number of imidazole rings is 1. The van der Waals surface area contributed by atoms with Crippen LogP contribution in [0.4, 0.5) is 0 Å². The number of methoxy groups -OCH3 is 1. The van der Waals surface area contributed by atoms with Crippen LogP contribution in [0.15, 0.2) is 36.1 Å². The lowest BCUT2D eigenvalue weighted by Crippen LogP contribution is -2.56. The minimum atomic E-state index is -0.0540. The molecule has 8 heteroatoms. The molecular weight excluding hydrogens is 316 g/mol. The topological polar surface area (TPSA) is 69.0 Å². The number of fused-ring (bicyclic) bond motifs is 1. The number of carbonyl (C=O) groups is 1. The summed E-state index contributed by atoms with van der Waals surface area (Å²) in [6.07, 6.45) is 5.09. The normalized spacial score (nSPS) is 14.7. The molecule has 3 aromatic rings. The summed E-state index contributed by atoms with van der Waals surface area (Å²) < 4.78 is 12.6. The third kappa shape index (κ3) is 2.50. The predicted octanol–water partition coefficient (Wildman–Crippen LogP) is 1.70. The molecule has 1 saturated heterocycles. The summed E-state index contributed by atoms with van der Waals surface area (Å²) in [5, 5.41) is 2.51. The lowest BCUT2D eigenvalue weighted by atomic mass is 10.1. The summed E-state index contributed by atoms with van der Waals surface area (Å²) in [6.45, 7) is 1.11. The molecule has 0 aliphatic carbocycles. The van der Waals surface area contributed by atoms with Crippen molar-refractivity contribution < 1.29 is 14.3 Å². The van der Waals surface area contributed by atoms with Gasteiger partial charge >= 0.3 is 0 Å². The van der Waals surface area contributed by atoms with E-state index in [0.29, 0.717) is 35.4 Å². The number of hydrogen-bond acceptors (Lipinski definition) is 6. The summed E-state index contributed by atoms with van der Waals surface area (Å²) in [6, 6.07) is 3.59. The third-order valence-electron chi connectivity index (χ3n) is 3.75. The van der Waals surface area contributed by atoms with Gasteiger partial charge in [0.1, 0.15) is 23.2 Å². The van der Waals surface area contributed by atoms with Gasteiger partial charge in [-0.2, -0.15) is 0 Å². The number of amides is 1. The predicted molar refractivity (Wildman–Crippen MR) is 84.2 cm³/mol. The number of pyridine rings is 1. The maximum absolute atomic E-state index is 12.6. The molecule has 0 radical (unpaired) electrons. The summed E-state index contributed by atoms with van der Waals surface area (Å²) in [5.41, 5.74) is 1.22. The van der Waals surface area contributed by atoms with Gasteiger partial charge in [-0.1, -0.05) is 11.3 Å². The fourth-order valence-corrected chi connectivity index (χ4v) is 3.05. The smallest absolute Gasteiger partial charge is 0.273 e. The molecule has 1 amide bonds. The minimum absolute atomic E-state index is 0.00406. The van der Waals surface area contributed by atoms with E-state index in [1.54, 1.807) is 47.1 Å². The Morgan fingerprint density at radius 3 is 3.00 bits per heavy atom. The zero-order chi connectivity index (χ0) is 15.8. The highest BCUT2D eigenvalue weighted by Crippen LogP contribution is 2.22. The van der Waals surface area contributed by atoms with Gasteiger partial charge in [0.15, 0.2) is 0 Å². The van der Waals surface area contributed by atoms with Crippen molar-refractivity contribution in [1.29, 1.82) is 0 Å². The number of likely N-dealkylation sites (tertiary alicyclic amines) is 1. The van der Waals surface area contributed by atoms with E-state index in [4.69, 9.17) is 9.47 Å². The highest BCUT2D eigenvalue weighted by atomic mass is 32.1. The van der Waals surface area contributed by atoms with Crippen LogP contribution in [0, 0.1) is 0 Å². The van der Waals surface area contributed by atoms with Gasteiger partial charge in [0.05, 0.1) is 26.4 Å². The molecule has 3 aromatic heterocycles. The van der Waals surface area contributed by atoms with Crippen molar-refractivity contribution in [2.45, 2.75) is 6.10 Å². The summed E-state index contributed by atoms with van der Waals surface area (Å²) >= 11 is 1.45. The summed E-state index contributed by atoms with van der Waals surface area (Å²) in [7, 11) is 1.60. The van der Waals surface area contributed by atoms with Crippen LogP contribution in [0.25, 0.3) is 5.65 Å². The molecule has 0 atom stereocenters. The molecule has 118 valence electrons. The van der Waals surface area contributed by atoms with E-state index in [1.807, 2.05) is 5.38 Å². The van der Waals surface area contributed by atoms with Gasteiger partial charge in [0.25, 0.3) is 11.1 Å². The quantitative estimate of drug-likeness (QED) is 0.728. The first-order chi connectivity index (χ1) is 11.2. The van der Waals surface area contributed by atoms with E-state index in [1.165, 1.54) is 11.3 Å². The van der Waals surface area contributed by atoms with E-state index >= 15 is 0 Å². The second-order valence-electron chi connectivity index (χ2n) is 5.19. The molecule has 0 bridgehead atoms. The fourth-order valence-electron chi connectivity index (χ4n) is 2.50. The van der Waals surface area contributed by atoms with E-state index < -0.39 is 0 Å². The van der Waals surface area contributed by atoms with Crippen LogP contribution in [0.2, 0.25) is 0 Å². The number of carbonyl (C=O) groups excluding carboxylic acids is 1. The molecule has 4 rings (SSSR count). The van der Waals surface area contributed by atoms with Crippen LogP contribution in [0.5, 0.6) is 10.9 Å². The van der Waals surface area contributed by atoms with Crippen molar-refractivity contribution in [2.75, 3.05) is 20.2 Å². The van der Waals surface area contributed by atoms with Crippen molar-refractivity contribution in [3.05, 3.63) is 41.8 Å². The van der Waals surface area contributed by atoms with E-state index in [9.17, 15) is 4.79 Å². The Balaban J connectivity index is 1.46. The number of rotatable bonds is 4. The van der Waals surface area contributed by atoms with Gasteiger partial charge in [-0.15, -0.1) is 0 Å². The molecule has 1 fully saturated rings. The molecule has 0 aromatic carbocycles. The van der Waals surface area contributed by atoms with Crippen LogP contribution in [-0.2, 0) is 0 Å². The van der Waals surface area contributed by atoms with Crippen LogP contribution in [-0.4, -0.2) is 51.5 Å². The molecule has 23 heavy (non-hydrogen) atoms. The van der Waals surface area contributed by atoms with Crippen LogP contribution in [0.3, 0.4) is 0 Å². The first-order valence-electron chi connectivity index (χ1n) is 7.11. The van der Waals surface area contributed by atoms with Gasteiger partial charge in [-0.25, -0.2) is 9.97 Å². The maximum Gasteiger partial charge on any atom is 0.273 e. The van der Waals surface area contributed by atoms with Crippen molar-refractivity contribution in [2.24, 2.45) is 0 Å². The standard InChI is InChI=1S/C15H14N4O3S/c1-21-10-2-4-19-12(7-17-13(19)6-10)14(20)18-8-11(9-18)22-15-16-3-5-23-15/h2-7,11H,8-9H2,1H3. The maximum atomic E-state index is 12.6. The van der Waals surface area contributed by atoms with Gasteiger partial charge < -0.3 is 14.4 Å². The zero-order valence-electron chi connectivity index (χ0n) is 12.4. The number of thiazole rings is 1. The monoisotopic (exact) mass is 330 g/mol. The second-order valence-corrected chi connectivity index (χ2v) is 6.04. The van der Waals surface area contributed by atoms with E-state index in [0.717, 1.165) is 0 Å². The van der Waals surface area contributed by atoms with Gasteiger partial charge in [0, 0.05) is 23.8 Å². The molecule has 0 saturated carbocycles. The van der Waals surface area contributed by atoms with Crippen molar-refractivity contribution in [3.8, 4) is 10.9 Å². The number of hydrogen-bond donors (Lipinski definition) is 0. The molecule has 1 aliphatic heterocycles. The molecule has 4 heterocycles. The first kappa shape index (κ1) is 14.0. The molecule has 1 aliphatic rings. The average molecular weight is 330 g/mol. The molecule has 0 unspecified atom stereocenters. The second kappa shape index (κ2) is 5.54. The van der Waals surface area contributed by atoms with E-state index in [-0.39, 0.29) is 12.0 Å². The largest absolute Gasteiger partial charge is 0.497 e. The Morgan fingerprint density at radius 1 is 1.39 bits per heavy atom. The zero-order valence-corrected chi connectivity index (χ0v) is 13.2. The number of ether oxygens (including phenoxy) is 2. The summed E-state index contributed by atoms with van der Waals surface area (Å²) in [5.74, 6) is 0.657. The first-order valence-corrected chi connectivity index (χ1v) is 7.99. The Hall–Kier alpha value is -2.61. The average Bonchev–Trinajstić information content (AvgIpc) is 3.18. The molecule has 0 spiro atoms. The van der Waals surface area contributed by atoms with E-state index in [2.05, 4.69) is 9.97 Å². The molecular formula is C15H14N4O3S. The Kier molecular flexibility index (Phi) is 3.38. The minimum Gasteiger partial charge on any atom is -0.497 e. The van der Waals surface area contributed by atoms with Crippen LogP contribution in [0.1, 0.15) is 10.5 Å². The van der Waals surface area contributed by atoms with Crippen LogP contribution < -0.4 is 9.47 Å². The van der Waals surface area contributed by atoms with Crippen molar-refractivity contribution >= 4 is 22.9 Å². The van der Waals surface area contributed by atoms with Crippen molar-refractivity contribution in [1.82, 2.24) is 19.3 Å². The highest BCUT2D eigenvalue weighted by molar-refractivity contribution is 7.11. The lowest BCUT2D eigenvalue weighted by Gasteiger charge is -2.38. The highest BCUT2D eigenvalue weighted by Gasteiger charge is 2.34.